The first-order valence-electron chi connectivity index (χ1n) is 6.18. The summed E-state index contributed by atoms with van der Waals surface area (Å²) >= 11 is 2.94. The molecule has 5 nitrogen and oxygen atoms in total. The van der Waals surface area contributed by atoms with E-state index >= 15 is 0 Å². The number of alkyl halides is 1. The van der Waals surface area contributed by atoms with Gasteiger partial charge in [0.05, 0.1) is 12.6 Å². The van der Waals surface area contributed by atoms with Gasteiger partial charge in [-0.15, -0.1) is 0 Å². The first-order chi connectivity index (χ1) is 9.46. The van der Waals surface area contributed by atoms with Crippen LogP contribution in [0.2, 0.25) is 0 Å². The van der Waals surface area contributed by atoms with Gasteiger partial charge in [0.25, 0.3) is 0 Å². The largest absolute Gasteiger partial charge is 0.490 e. The normalized spacial score (nSPS) is 13.6. The highest BCUT2D eigenvalue weighted by Gasteiger charge is 2.18. The molecule has 0 aliphatic rings. The summed E-state index contributed by atoms with van der Waals surface area (Å²) in [7, 11) is -3.35. The number of ether oxygens (including phenoxy) is 1. The topological polar surface area (TPSA) is 68.5 Å². The number of benzene rings is 1. The highest BCUT2D eigenvalue weighted by Crippen LogP contribution is 2.31. The highest BCUT2D eigenvalue weighted by atomic mass is 79.9. The van der Waals surface area contributed by atoms with Crippen molar-refractivity contribution in [1.82, 2.24) is 4.72 Å². The van der Waals surface area contributed by atoms with E-state index in [1.165, 1.54) is 0 Å². The Balaban J connectivity index is 2.34. The zero-order valence-electron chi connectivity index (χ0n) is 11.2. The Morgan fingerprint density at radius 2 is 2.20 bits per heavy atom. The van der Waals surface area contributed by atoms with Crippen molar-refractivity contribution < 1.29 is 17.6 Å². The second kappa shape index (κ2) is 6.15. The molecule has 1 N–H and O–H groups in total. The molecular weight excluding hydrogens is 346 g/mol. The molecule has 1 aromatic heterocycles. The Labute approximate surface area is 126 Å². The minimum absolute atomic E-state index is 0.144. The Kier molecular flexibility index (Phi) is 4.72. The number of hydrogen-bond donors (Lipinski definition) is 1. The minimum atomic E-state index is -3.35. The molecule has 0 aliphatic carbocycles. The molecule has 110 valence electrons. The van der Waals surface area contributed by atoms with E-state index in [1.807, 2.05) is 31.2 Å². The van der Waals surface area contributed by atoms with Gasteiger partial charge in [-0.1, -0.05) is 28.1 Å². The van der Waals surface area contributed by atoms with Gasteiger partial charge < -0.3 is 9.15 Å². The standard InChI is InChI=1S/C13H16BrNO4S/c1-3-18-11-6-4-5-10-7-12(19-13(10)11)9(2)15-20(16,17)8-14/h4-7,9,15H,3,8H2,1-2H3/t9-/m0/s1. The second-order valence-corrected chi connectivity index (χ2v) is 7.38. The highest BCUT2D eigenvalue weighted by molar-refractivity contribution is 9.10. The first kappa shape index (κ1) is 15.3. The molecule has 1 atom stereocenters. The molecule has 0 aliphatic heterocycles. The molecular formula is C13H16BrNO4S. The molecule has 0 radical (unpaired) electrons. The van der Waals surface area contributed by atoms with Crippen LogP contribution >= 0.6 is 15.9 Å². The van der Waals surface area contributed by atoms with E-state index in [2.05, 4.69) is 20.7 Å². The van der Waals surface area contributed by atoms with Crippen LogP contribution in [-0.2, 0) is 10.0 Å². The lowest BCUT2D eigenvalue weighted by atomic mass is 10.2. The molecule has 2 aromatic rings. The Hall–Kier alpha value is -1.05. The molecule has 1 aromatic carbocycles. The molecule has 1 heterocycles. The molecule has 2 rings (SSSR count). The molecule has 0 bridgehead atoms. The Morgan fingerprint density at radius 1 is 1.45 bits per heavy atom. The summed E-state index contributed by atoms with van der Waals surface area (Å²) in [6, 6.07) is 6.97. The summed E-state index contributed by atoms with van der Waals surface area (Å²) in [5, 5.41) is 0.885. The number of furan rings is 1. The van der Waals surface area contributed by atoms with Crippen LogP contribution in [-0.4, -0.2) is 19.7 Å². The fraction of sp³-hybridized carbons (Fsp3) is 0.385. The van der Waals surface area contributed by atoms with Crippen LogP contribution in [0.5, 0.6) is 5.75 Å². The lowest BCUT2D eigenvalue weighted by Crippen LogP contribution is -2.27. The van der Waals surface area contributed by atoms with E-state index in [0.29, 0.717) is 23.7 Å². The number of sulfonamides is 1. The van der Waals surface area contributed by atoms with E-state index in [1.54, 1.807) is 6.92 Å². The van der Waals surface area contributed by atoms with Crippen molar-refractivity contribution in [3.8, 4) is 5.75 Å². The second-order valence-electron chi connectivity index (χ2n) is 4.32. The van der Waals surface area contributed by atoms with Crippen molar-refractivity contribution in [2.75, 3.05) is 11.3 Å². The van der Waals surface area contributed by atoms with Gasteiger partial charge in [-0.2, -0.15) is 0 Å². The van der Waals surface area contributed by atoms with Crippen molar-refractivity contribution in [2.24, 2.45) is 0 Å². The van der Waals surface area contributed by atoms with E-state index < -0.39 is 16.1 Å². The summed E-state index contributed by atoms with van der Waals surface area (Å²) in [6.45, 7) is 4.18. The quantitative estimate of drug-likeness (QED) is 0.802. The van der Waals surface area contributed by atoms with Gasteiger partial charge in [0.15, 0.2) is 11.3 Å². The van der Waals surface area contributed by atoms with Crippen LogP contribution in [0.25, 0.3) is 11.0 Å². The third-order valence-corrected chi connectivity index (χ3v) is 5.56. The zero-order valence-corrected chi connectivity index (χ0v) is 13.6. The lowest BCUT2D eigenvalue weighted by Gasteiger charge is -2.09. The molecule has 20 heavy (non-hydrogen) atoms. The van der Waals surface area contributed by atoms with Gasteiger partial charge in [-0.25, -0.2) is 13.1 Å². The SMILES string of the molecule is CCOc1cccc2cc([C@H](C)NS(=O)(=O)CBr)oc12. The average molecular weight is 362 g/mol. The maximum atomic E-state index is 11.5. The van der Waals surface area contributed by atoms with Crippen molar-refractivity contribution in [2.45, 2.75) is 19.9 Å². The number of fused-ring (bicyclic) bond motifs is 1. The molecule has 0 fully saturated rings. The van der Waals surface area contributed by atoms with Crippen molar-refractivity contribution in [3.63, 3.8) is 0 Å². The van der Waals surface area contributed by atoms with Gasteiger partial charge in [-0.05, 0) is 26.0 Å². The Morgan fingerprint density at radius 3 is 2.85 bits per heavy atom. The third-order valence-electron chi connectivity index (χ3n) is 2.75. The summed E-state index contributed by atoms with van der Waals surface area (Å²) in [4.78, 5) is 0. The number of nitrogens with one attached hydrogen (secondary N) is 1. The number of hydrogen-bond acceptors (Lipinski definition) is 4. The van der Waals surface area contributed by atoms with Gasteiger partial charge in [0, 0.05) is 5.39 Å². The molecule has 7 heteroatoms. The van der Waals surface area contributed by atoms with E-state index in [-0.39, 0.29) is 4.66 Å². The van der Waals surface area contributed by atoms with Crippen molar-refractivity contribution in [1.29, 1.82) is 0 Å². The third kappa shape index (κ3) is 3.34. The van der Waals surface area contributed by atoms with Gasteiger partial charge in [-0.3, -0.25) is 0 Å². The molecule has 0 unspecified atom stereocenters. The summed E-state index contributed by atoms with van der Waals surface area (Å²) in [5.74, 6) is 1.21. The summed E-state index contributed by atoms with van der Waals surface area (Å²) < 4.78 is 36.7. The van der Waals surface area contributed by atoms with Crippen LogP contribution in [0.15, 0.2) is 28.7 Å². The van der Waals surface area contributed by atoms with Gasteiger partial charge >= 0.3 is 0 Å². The molecule has 0 spiro atoms. The van der Waals surface area contributed by atoms with Gasteiger partial charge in [0.2, 0.25) is 10.0 Å². The van der Waals surface area contributed by atoms with Crippen LogP contribution in [0.3, 0.4) is 0 Å². The van der Waals surface area contributed by atoms with E-state index in [0.717, 1.165) is 5.39 Å². The number of halogens is 1. The average Bonchev–Trinajstić information content (AvgIpc) is 2.84. The Bertz CT molecular complexity index is 695. The molecule has 0 saturated heterocycles. The molecule has 0 saturated carbocycles. The maximum absolute atomic E-state index is 11.5. The van der Waals surface area contributed by atoms with Crippen LogP contribution < -0.4 is 9.46 Å². The fourth-order valence-electron chi connectivity index (χ4n) is 1.90. The maximum Gasteiger partial charge on any atom is 0.222 e. The summed E-state index contributed by atoms with van der Waals surface area (Å²) in [6.07, 6.45) is 0. The molecule has 0 amide bonds. The smallest absolute Gasteiger partial charge is 0.222 e. The predicted octanol–water partition coefficient (Wildman–Crippen LogP) is 3.16. The summed E-state index contributed by atoms with van der Waals surface area (Å²) in [5.41, 5.74) is 0.634. The number of rotatable bonds is 6. The monoisotopic (exact) mass is 361 g/mol. The van der Waals surface area contributed by atoms with Crippen LogP contribution in [0, 0.1) is 0 Å². The van der Waals surface area contributed by atoms with Crippen LogP contribution in [0.4, 0.5) is 0 Å². The van der Waals surface area contributed by atoms with Gasteiger partial charge in [0.1, 0.15) is 10.4 Å². The first-order valence-corrected chi connectivity index (χ1v) is 8.95. The fourth-order valence-corrected chi connectivity index (χ4v) is 3.01. The van der Waals surface area contributed by atoms with Crippen LogP contribution in [0.1, 0.15) is 25.6 Å². The van der Waals surface area contributed by atoms with E-state index in [9.17, 15) is 8.42 Å². The van der Waals surface area contributed by atoms with E-state index in [4.69, 9.17) is 9.15 Å². The van der Waals surface area contributed by atoms with Crippen molar-refractivity contribution in [3.05, 3.63) is 30.0 Å². The van der Waals surface area contributed by atoms with Crippen molar-refractivity contribution >= 4 is 36.9 Å². The lowest BCUT2D eigenvalue weighted by molar-refractivity contribution is 0.336. The number of para-hydroxylation sites is 1. The minimum Gasteiger partial charge on any atom is -0.490 e. The zero-order chi connectivity index (χ0) is 14.8. The predicted molar refractivity (Wildman–Crippen MR) is 81.6 cm³/mol.